The van der Waals surface area contributed by atoms with Gasteiger partial charge in [-0.2, -0.15) is 0 Å². The number of halogens is 1. The molecule has 0 spiro atoms. The van der Waals surface area contributed by atoms with Gasteiger partial charge in [0, 0.05) is 11.1 Å². The molecule has 2 N–H and O–H groups in total. The Kier molecular flexibility index (Phi) is 2.51. The largest absolute Gasteiger partial charge is 0.390 e. The Morgan fingerprint density at radius 3 is 2.53 bits per heavy atom. The smallest absolute Gasteiger partial charge is 0.132 e. The zero-order valence-electron chi connectivity index (χ0n) is 7.77. The van der Waals surface area contributed by atoms with Crippen molar-refractivity contribution in [1.29, 1.82) is 0 Å². The predicted octanol–water partition coefficient (Wildman–Crippen LogP) is 2.11. The van der Waals surface area contributed by atoms with Gasteiger partial charge in [-0.1, -0.05) is 12.1 Å². The average Bonchev–Trinajstić information content (AvgIpc) is 2.64. The number of rotatable bonds is 2. The Bertz CT molecular complexity index is 505. The van der Waals surface area contributed by atoms with Crippen LogP contribution in [0.2, 0.25) is 0 Å². The molecule has 1 aromatic heterocycles. The Hall–Kier alpha value is -1.68. The summed E-state index contributed by atoms with van der Waals surface area (Å²) < 4.78 is 13.3. The van der Waals surface area contributed by atoms with Crippen molar-refractivity contribution in [3.63, 3.8) is 0 Å². The molecule has 0 unspecified atom stereocenters. The van der Waals surface area contributed by atoms with Crippen LogP contribution in [0.5, 0.6) is 0 Å². The van der Waals surface area contributed by atoms with Crippen molar-refractivity contribution in [3.05, 3.63) is 52.7 Å². The molecule has 0 saturated carbocycles. The summed E-state index contributed by atoms with van der Waals surface area (Å²) in [5, 5.41) is 12.1. The van der Waals surface area contributed by atoms with Crippen molar-refractivity contribution in [3.8, 4) is 0 Å². The highest BCUT2D eigenvalue weighted by atomic mass is 32.1. The zero-order chi connectivity index (χ0) is 10.8. The number of nitrogens with zero attached hydrogens (tertiary/aromatic N) is 1. The van der Waals surface area contributed by atoms with E-state index in [0.717, 1.165) is 0 Å². The minimum absolute atomic E-state index is 0.119. The van der Waals surface area contributed by atoms with E-state index in [1.165, 1.54) is 23.5 Å². The summed E-state index contributed by atoms with van der Waals surface area (Å²) in [4.78, 5) is 0. The topological polar surface area (TPSA) is 48.3 Å². The lowest BCUT2D eigenvalue weighted by atomic mass is 10.0. The molecule has 2 aromatic rings. The third-order valence-electron chi connectivity index (χ3n) is 2.08. The van der Waals surface area contributed by atoms with Gasteiger partial charge in [-0.3, -0.25) is 0 Å². The highest BCUT2D eigenvalue weighted by molar-refractivity contribution is 7.14. The van der Waals surface area contributed by atoms with Crippen LogP contribution >= 0.6 is 11.3 Å². The van der Waals surface area contributed by atoms with Crippen LogP contribution in [-0.2, 0) is 0 Å². The third-order valence-corrected chi connectivity index (χ3v) is 2.83. The van der Waals surface area contributed by atoms with Gasteiger partial charge in [0.15, 0.2) is 0 Å². The van der Waals surface area contributed by atoms with E-state index in [4.69, 9.17) is 5.73 Å². The summed E-state index contributed by atoms with van der Waals surface area (Å²) in [7, 11) is 0. The van der Waals surface area contributed by atoms with E-state index >= 15 is 0 Å². The quantitative estimate of drug-likeness (QED) is 0.772. The molecule has 1 radical (unpaired) electrons. The second kappa shape index (κ2) is 3.82. The molecule has 0 atom stereocenters. The standard InChI is InChI=1S/C11H8FN2S/c12-9-4-2-1-3-7(9)10(13)8-5-6-15-11(8)14/h1-6H,14H2. The van der Waals surface area contributed by atoms with E-state index < -0.39 is 5.82 Å². The van der Waals surface area contributed by atoms with Crippen molar-refractivity contribution in [2.75, 3.05) is 5.73 Å². The van der Waals surface area contributed by atoms with Gasteiger partial charge in [0.05, 0.1) is 5.00 Å². The molecule has 2 rings (SSSR count). The molecular weight excluding hydrogens is 211 g/mol. The summed E-state index contributed by atoms with van der Waals surface area (Å²) in [5.74, 6) is -0.458. The van der Waals surface area contributed by atoms with E-state index in [-0.39, 0.29) is 11.3 Å². The van der Waals surface area contributed by atoms with Crippen molar-refractivity contribution < 1.29 is 4.39 Å². The SMILES string of the molecule is [N]=C(c1ccccc1F)c1ccsc1N. The van der Waals surface area contributed by atoms with Gasteiger partial charge in [-0.25, -0.2) is 4.39 Å². The first-order valence-electron chi connectivity index (χ1n) is 4.34. The first-order chi connectivity index (χ1) is 7.20. The number of anilines is 1. The van der Waals surface area contributed by atoms with Crippen LogP contribution in [0, 0.1) is 5.82 Å². The zero-order valence-corrected chi connectivity index (χ0v) is 8.59. The van der Waals surface area contributed by atoms with Crippen molar-refractivity contribution in [2.45, 2.75) is 0 Å². The summed E-state index contributed by atoms with van der Waals surface area (Å²) in [5.41, 5.74) is 6.17. The maximum absolute atomic E-state index is 13.3. The van der Waals surface area contributed by atoms with Gasteiger partial charge in [-0.05, 0) is 23.6 Å². The first kappa shape index (κ1) is 9.86. The molecule has 1 aromatic carbocycles. The lowest BCUT2D eigenvalue weighted by molar-refractivity contribution is 0.625. The van der Waals surface area contributed by atoms with Crippen LogP contribution in [0.25, 0.3) is 0 Å². The number of benzene rings is 1. The normalized spacial score (nSPS) is 10.2. The molecule has 0 aliphatic rings. The van der Waals surface area contributed by atoms with Crippen molar-refractivity contribution in [1.82, 2.24) is 5.41 Å². The molecule has 75 valence electrons. The van der Waals surface area contributed by atoms with Gasteiger partial charge in [0.25, 0.3) is 0 Å². The van der Waals surface area contributed by atoms with Gasteiger partial charge in [0.2, 0.25) is 0 Å². The molecular formula is C11H8FN2S. The average molecular weight is 219 g/mol. The van der Waals surface area contributed by atoms with E-state index in [1.807, 2.05) is 0 Å². The number of hydrogen-bond donors (Lipinski definition) is 1. The van der Waals surface area contributed by atoms with Gasteiger partial charge >= 0.3 is 0 Å². The molecule has 0 aliphatic carbocycles. The molecule has 0 aliphatic heterocycles. The second-order valence-electron chi connectivity index (χ2n) is 3.03. The lowest BCUT2D eigenvalue weighted by Gasteiger charge is -2.02. The van der Waals surface area contributed by atoms with Crippen LogP contribution in [0.3, 0.4) is 0 Å². The maximum Gasteiger partial charge on any atom is 0.132 e. The van der Waals surface area contributed by atoms with Gasteiger partial charge in [0.1, 0.15) is 11.5 Å². The minimum Gasteiger partial charge on any atom is -0.390 e. The first-order valence-corrected chi connectivity index (χ1v) is 5.22. The highest BCUT2D eigenvalue weighted by Crippen LogP contribution is 2.22. The molecule has 0 saturated heterocycles. The van der Waals surface area contributed by atoms with Crippen LogP contribution in [-0.4, -0.2) is 5.71 Å². The van der Waals surface area contributed by atoms with E-state index in [0.29, 0.717) is 10.6 Å². The summed E-state index contributed by atoms with van der Waals surface area (Å²) in [6.07, 6.45) is 0. The Balaban J connectivity index is 2.46. The summed E-state index contributed by atoms with van der Waals surface area (Å²) in [6, 6.07) is 7.72. The number of nitrogens with two attached hydrogens (primary N) is 1. The van der Waals surface area contributed by atoms with Gasteiger partial charge < -0.3 is 5.73 Å². The Morgan fingerprint density at radius 2 is 1.93 bits per heavy atom. The number of hydrogen-bond acceptors (Lipinski definition) is 2. The monoisotopic (exact) mass is 219 g/mol. The fourth-order valence-corrected chi connectivity index (χ4v) is 1.96. The molecule has 0 bridgehead atoms. The Morgan fingerprint density at radius 1 is 1.20 bits per heavy atom. The number of nitrogen functional groups attached to an aromatic ring is 1. The van der Waals surface area contributed by atoms with E-state index in [2.05, 4.69) is 0 Å². The number of thiophene rings is 1. The Labute approximate surface area is 90.7 Å². The fraction of sp³-hybridized carbons (Fsp3) is 0. The minimum atomic E-state index is -0.458. The van der Waals surface area contributed by atoms with E-state index in [1.54, 1.807) is 23.6 Å². The van der Waals surface area contributed by atoms with Crippen LogP contribution < -0.4 is 11.1 Å². The predicted molar refractivity (Wildman–Crippen MR) is 60.5 cm³/mol. The third kappa shape index (κ3) is 1.76. The molecule has 15 heavy (non-hydrogen) atoms. The molecule has 2 nitrogen and oxygen atoms in total. The lowest BCUT2D eigenvalue weighted by Crippen LogP contribution is -2.07. The van der Waals surface area contributed by atoms with Crippen LogP contribution in [0.15, 0.2) is 35.7 Å². The second-order valence-corrected chi connectivity index (χ2v) is 3.97. The molecule has 1 heterocycles. The van der Waals surface area contributed by atoms with Crippen molar-refractivity contribution in [2.24, 2.45) is 0 Å². The summed E-state index contributed by atoms with van der Waals surface area (Å²) in [6.45, 7) is 0. The van der Waals surface area contributed by atoms with Crippen molar-refractivity contribution >= 4 is 22.0 Å². The summed E-state index contributed by atoms with van der Waals surface area (Å²) >= 11 is 1.31. The van der Waals surface area contributed by atoms with Crippen LogP contribution in [0.4, 0.5) is 9.39 Å². The van der Waals surface area contributed by atoms with Gasteiger partial charge in [-0.15, -0.1) is 16.7 Å². The molecule has 0 fully saturated rings. The fourth-order valence-electron chi connectivity index (χ4n) is 1.31. The highest BCUT2D eigenvalue weighted by Gasteiger charge is 2.13. The van der Waals surface area contributed by atoms with Crippen LogP contribution in [0.1, 0.15) is 11.1 Å². The maximum atomic E-state index is 13.3. The molecule has 0 amide bonds. The van der Waals surface area contributed by atoms with E-state index in [9.17, 15) is 9.80 Å². The molecule has 4 heteroatoms.